The zero-order chi connectivity index (χ0) is 24.5. The van der Waals surface area contributed by atoms with Crippen molar-refractivity contribution in [3.05, 3.63) is 59.7 Å². The van der Waals surface area contributed by atoms with Gasteiger partial charge in [-0.15, -0.1) is 0 Å². The summed E-state index contributed by atoms with van der Waals surface area (Å²) in [4.78, 5) is 5.09. The number of likely N-dealkylation sites (tertiary alicyclic amines) is 1. The molecule has 8 heteroatoms. The van der Waals surface area contributed by atoms with E-state index in [1.807, 2.05) is 18.2 Å². The molecule has 188 valence electrons. The molecule has 2 aromatic carbocycles. The normalized spacial score (nSPS) is 18.6. The first-order chi connectivity index (χ1) is 17.0. The standard InChI is InChI=1S/C27H36N4O3S/c28-22-24-8-12-27(13-9-24)35(32,33)31-18-4-16-30(19-20-31)23-25-6-10-26(11-7-25)34-21-5-17-29-14-2-1-3-15-29/h6-13H,1-5,14-21,23H2. The Balaban J connectivity index is 1.23. The fourth-order valence-electron chi connectivity index (χ4n) is 4.81. The highest BCUT2D eigenvalue weighted by molar-refractivity contribution is 7.89. The first-order valence-electron chi connectivity index (χ1n) is 12.7. The molecule has 0 saturated carbocycles. The van der Waals surface area contributed by atoms with E-state index in [0.717, 1.165) is 44.8 Å². The van der Waals surface area contributed by atoms with E-state index in [-0.39, 0.29) is 4.90 Å². The minimum Gasteiger partial charge on any atom is -0.494 e. The molecule has 0 aliphatic carbocycles. The van der Waals surface area contributed by atoms with E-state index < -0.39 is 10.0 Å². The van der Waals surface area contributed by atoms with Crippen LogP contribution in [0.1, 0.15) is 43.2 Å². The molecule has 2 saturated heterocycles. The SMILES string of the molecule is N#Cc1ccc(S(=O)(=O)N2CCCN(Cc3ccc(OCCCN4CCCCC4)cc3)CC2)cc1. The average molecular weight is 497 g/mol. The van der Waals surface area contributed by atoms with E-state index in [1.165, 1.54) is 50.0 Å². The van der Waals surface area contributed by atoms with Crippen molar-refractivity contribution in [2.45, 2.75) is 43.5 Å². The fourth-order valence-corrected chi connectivity index (χ4v) is 6.28. The Labute approximate surface area is 209 Å². The van der Waals surface area contributed by atoms with Crippen molar-refractivity contribution in [2.24, 2.45) is 0 Å². The number of benzene rings is 2. The smallest absolute Gasteiger partial charge is 0.243 e. The molecule has 2 aromatic rings. The average Bonchev–Trinajstić information content (AvgIpc) is 3.14. The second kappa shape index (κ2) is 12.5. The highest BCUT2D eigenvalue weighted by atomic mass is 32.2. The van der Waals surface area contributed by atoms with Gasteiger partial charge in [0, 0.05) is 32.7 Å². The molecule has 0 spiro atoms. The molecule has 2 aliphatic rings. The summed E-state index contributed by atoms with van der Waals surface area (Å²) >= 11 is 0. The van der Waals surface area contributed by atoms with Gasteiger partial charge in [-0.2, -0.15) is 9.57 Å². The summed E-state index contributed by atoms with van der Waals surface area (Å²) in [6, 6.07) is 16.5. The lowest BCUT2D eigenvalue weighted by Crippen LogP contribution is -2.35. The summed E-state index contributed by atoms with van der Waals surface area (Å²) in [6.45, 7) is 7.60. The Hall–Kier alpha value is -2.44. The van der Waals surface area contributed by atoms with Crippen molar-refractivity contribution in [1.82, 2.24) is 14.1 Å². The third-order valence-corrected chi connectivity index (χ3v) is 8.75. The molecule has 2 fully saturated rings. The summed E-state index contributed by atoms with van der Waals surface area (Å²) in [7, 11) is -3.55. The predicted octanol–water partition coefficient (Wildman–Crippen LogP) is 3.71. The molecule has 2 heterocycles. The van der Waals surface area contributed by atoms with Crippen LogP contribution in [0, 0.1) is 11.3 Å². The van der Waals surface area contributed by atoms with Crippen molar-refractivity contribution in [3.8, 4) is 11.8 Å². The van der Waals surface area contributed by atoms with Gasteiger partial charge >= 0.3 is 0 Å². The number of nitriles is 1. The molecule has 2 aliphatic heterocycles. The maximum atomic E-state index is 13.0. The summed E-state index contributed by atoms with van der Waals surface area (Å²) in [5, 5.41) is 8.95. The maximum Gasteiger partial charge on any atom is 0.243 e. The zero-order valence-electron chi connectivity index (χ0n) is 20.4. The Morgan fingerprint density at radius 3 is 2.23 bits per heavy atom. The maximum absolute atomic E-state index is 13.0. The number of nitrogens with zero attached hydrogens (tertiary/aromatic N) is 4. The number of rotatable bonds is 9. The minimum atomic E-state index is -3.55. The van der Waals surface area contributed by atoms with Crippen LogP contribution < -0.4 is 4.74 Å². The van der Waals surface area contributed by atoms with Crippen molar-refractivity contribution >= 4 is 10.0 Å². The van der Waals surface area contributed by atoms with E-state index in [2.05, 4.69) is 21.9 Å². The van der Waals surface area contributed by atoms with Gasteiger partial charge in [0.2, 0.25) is 10.0 Å². The monoisotopic (exact) mass is 496 g/mol. The van der Waals surface area contributed by atoms with Gasteiger partial charge in [0.25, 0.3) is 0 Å². The van der Waals surface area contributed by atoms with Crippen molar-refractivity contribution in [3.63, 3.8) is 0 Å². The molecule has 0 atom stereocenters. The number of sulfonamides is 1. The molecule has 0 bridgehead atoms. The van der Waals surface area contributed by atoms with Crippen LogP contribution in [0.5, 0.6) is 5.75 Å². The molecule has 0 radical (unpaired) electrons. The highest BCUT2D eigenvalue weighted by Crippen LogP contribution is 2.20. The largest absolute Gasteiger partial charge is 0.494 e. The van der Waals surface area contributed by atoms with E-state index in [9.17, 15) is 8.42 Å². The third kappa shape index (κ3) is 7.28. The first kappa shape index (κ1) is 25.6. The third-order valence-electron chi connectivity index (χ3n) is 6.83. The van der Waals surface area contributed by atoms with Crippen LogP contribution in [0.15, 0.2) is 53.4 Å². The number of piperidine rings is 1. The molecule has 0 unspecified atom stereocenters. The predicted molar refractivity (Wildman–Crippen MR) is 137 cm³/mol. The van der Waals surface area contributed by atoms with Gasteiger partial charge in [-0.1, -0.05) is 18.6 Å². The molecular weight excluding hydrogens is 460 g/mol. The van der Waals surface area contributed by atoms with E-state index >= 15 is 0 Å². The Kier molecular flexibility index (Phi) is 9.16. The van der Waals surface area contributed by atoms with Crippen LogP contribution in [0.25, 0.3) is 0 Å². The van der Waals surface area contributed by atoms with Gasteiger partial charge in [-0.3, -0.25) is 4.90 Å². The zero-order valence-corrected chi connectivity index (χ0v) is 21.3. The number of hydrogen-bond donors (Lipinski definition) is 0. The Morgan fingerprint density at radius 2 is 1.51 bits per heavy atom. The molecule has 0 N–H and O–H groups in total. The summed E-state index contributed by atoms with van der Waals surface area (Å²) in [5.74, 6) is 0.906. The second-order valence-corrected chi connectivity index (χ2v) is 11.4. The van der Waals surface area contributed by atoms with Crippen LogP contribution in [0.2, 0.25) is 0 Å². The highest BCUT2D eigenvalue weighted by Gasteiger charge is 2.27. The number of hydrogen-bond acceptors (Lipinski definition) is 6. The van der Waals surface area contributed by atoms with Crippen LogP contribution in [0.3, 0.4) is 0 Å². The van der Waals surface area contributed by atoms with Crippen LogP contribution in [-0.4, -0.2) is 74.9 Å². The van der Waals surface area contributed by atoms with Crippen LogP contribution >= 0.6 is 0 Å². The molecule has 0 aromatic heterocycles. The topological polar surface area (TPSA) is 76.9 Å². The second-order valence-electron chi connectivity index (χ2n) is 9.42. The van der Waals surface area contributed by atoms with Gasteiger partial charge in [0.1, 0.15) is 5.75 Å². The Bertz CT molecular complexity index is 1070. The van der Waals surface area contributed by atoms with Crippen LogP contribution in [-0.2, 0) is 16.6 Å². The van der Waals surface area contributed by atoms with E-state index in [4.69, 9.17) is 10.00 Å². The van der Waals surface area contributed by atoms with Gasteiger partial charge in [0.15, 0.2) is 0 Å². The lowest BCUT2D eigenvalue weighted by Gasteiger charge is -2.26. The minimum absolute atomic E-state index is 0.247. The van der Waals surface area contributed by atoms with E-state index in [1.54, 1.807) is 16.4 Å². The van der Waals surface area contributed by atoms with Gasteiger partial charge < -0.3 is 9.64 Å². The van der Waals surface area contributed by atoms with Gasteiger partial charge in [-0.05, 0) is 87.3 Å². The van der Waals surface area contributed by atoms with E-state index in [0.29, 0.717) is 25.2 Å². The fraction of sp³-hybridized carbons (Fsp3) is 0.519. The summed E-state index contributed by atoms with van der Waals surface area (Å²) in [6.07, 6.45) is 5.85. The molecular formula is C27H36N4O3S. The summed E-state index contributed by atoms with van der Waals surface area (Å²) in [5.41, 5.74) is 1.66. The van der Waals surface area contributed by atoms with Gasteiger partial charge in [-0.25, -0.2) is 8.42 Å². The quantitative estimate of drug-likeness (QED) is 0.493. The van der Waals surface area contributed by atoms with Crippen molar-refractivity contribution in [1.29, 1.82) is 5.26 Å². The first-order valence-corrected chi connectivity index (χ1v) is 14.2. The molecule has 4 rings (SSSR count). The van der Waals surface area contributed by atoms with Crippen molar-refractivity contribution in [2.75, 3.05) is 52.4 Å². The lowest BCUT2D eigenvalue weighted by atomic mass is 10.1. The van der Waals surface area contributed by atoms with Crippen molar-refractivity contribution < 1.29 is 13.2 Å². The lowest BCUT2D eigenvalue weighted by molar-refractivity contribution is 0.205. The number of ether oxygens (including phenoxy) is 1. The molecule has 35 heavy (non-hydrogen) atoms. The summed E-state index contributed by atoms with van der Waals surface area (Å²) < 4.78 is 33.6. The van der Waals surface area contributed by atoms with Crippen LogP contribution in [0.4, 0.5) is 0 Å². The molecule has 7 nitrogen and oxygen atoms in total. The molecule has 0 amide bonds. The Morgan fingerprint density at radius 1 is 0.800 bits per heavy atom. The van der Waals surface area contributed by atoms with Gasteiger partial charge in [0.05, 0.1) is 23.1 Å².